The van der Waals surface area contributed by atoms with Crippen molar-refractivity contribution < 1.29 is 32.2 Å². The van der Waals surface area contributed by atoms with E-state index in [9.17, 15) is 22.8 Å². The van der Waals surface area contributed by atoms with Crippen molar-refractivity contribution in [3.05, 3.63) is 70.9 Å². The van der Waals surface area contributed by atoms with E-state index in [2.05, 4.69) is 9.88 Å². The van der Waals surface area contributed by atoms with E-state index in [1.54, 1.807) is 18.1 Å². The molecule has 2 aliphatic rings. The van der Waals surface area contributed by atoms with Crippen LogP contribution in [0.1, 0.15) is 53.4 Å². The maximum Gasteiger partial charge on any atom is 0.417 e. The average Bonchev–Trinajstić information content (AvgIpc) is 3.44. The number of piperidine rings is 1. The Hall–Kier alpha value is -3.80. The van der Waals surface area contributed by atoms with Gasteiger partial charge in [0.25, 0.3) is 11.8 Å². The van der Waals surface area contributed by atoms with Gasteiger partial charge in [-0.15, -0.1) is 11.3 Å². The molecular weight excluding hydrogens is 593 g/mol. The molecule has 2 aromatic heterocycles. The molecule has 2 aliphatic heterocycles. The Morgan fingerprint density at radius 1 is 1.07 bits per heavy atom. The first-order chi connectivity index (χ1) is 21.1. The molecule has 3 aromatic rings. The summed E-state index contributed by atoms with van der Waals surface area (Å²) in [5, 5.41) is 0.538. The second-order valence-corrected chi connectivity index (χ2v) is 12.4. The first kappa shape index (κ1) is 31.6. The lowest BCUT2D eigenvalue weighted by Crippen LogP contribution is -2.69. The summed E-state index contributed by atoms with van der Waals surface area (Å²) >= 11 is 1.40. The van der Waals surface area contributed by atoms with Crippen LogP contribution in [0.25, 0.3) is 0 Å². The van der Waals surface area contributed by atoms with Gasteiger partial charge in [0, 0.05) is 56.4 Å². The number of aromatic nitrogens is 1. The molecule has 0 saturated carbocycles. The van der Waals surface area contributed by atoms with Crippen LogP contribution in [0.5, 0.6) is 10.8 Å². The van der Waals surface area contributed by atoms with Gasteiger partial charge >= 0.3 is 6.18 Å². The maximum absolute atomic E-state index is 14.7. The number of para-hydroxylation sites is 2. The van der Waals surface area contributed by atoms with E-state index < -0.39 is 34.9 Å². The van der Waals surface area contributed by atoms with Gasteiger partial charge in [-0.1, -0.05) is 25.5 Å². The highest BCUT2D eigenvalue weighted by Gasteiger charge is 2.56. The molecule has 0 spiro atoms. The number of piperazine rings is 1. The van der Waals surface area contributed by atoms with Crippen LogP contribution < -0.4 is 14.4 Å². The Balaban J connectivity index is 1.49. The fourth-order valence-electron chi connectivity index (χ4n) is 6.33. The fourth-order valence-corrected chi connectivity index (χ4v) is 7.11. The zero-order chi connectivity index (χ0) is 31.5. The molecule has 0 aliphatic carbocycles. The highest BCUT2D eigenvalue weighted by Crippen LogP contribution is 2.41. The molecule has 236 valence electrons. The van der Waals surface area contributed by atoms with Crippen molar-refractivity contribution in [2.75, 3.05) is 44.7 Å². The minimum Gasteiger partial charge on any atom is -0.495 e. The fraction of sp³-hybridized carbons (Fsp3) is 0.469. The first-order valence-corrected chi connectivity index (χ1v) is 15.7. The van der Waals surface area contributed by atoms with Crippen molar-refractivity contribution in [1.82, 2.24) is 14.8 Å². The van der Waals surface area contributed by atoms with Crippen molar-refractivity contribution in [2.45, 2.75) is 57.3 Å². The Bertz CT molecular complexity index is 1470. The van der Waals surface area contributed by atoms with Crippen molar-refractivity contribution in [3.63, 3.8) is 0 Å². The van der Waals surface area contributed by atoms with E-state index in [1.165, 1.54) is 16.2 Å². The van der Waals surface area contributed by atoms with Gasteiger partial charge in [-0.25, -0.2) is 0 Å². The summed E-state index contributed by atoms with van der Waals surface area (Å²) in [6.07, 6.45) is -1.04. The van der Waals surface area contributed by atoms with Crippen LogP contribution in [0.3, 0.4) is 0 Å². The average molecular weight is 631 g/mol. The zero-order valence-corrected chi connectivity index (χ0v) is 25.9. The largest absolute Gasteiger partial charge is 0.495 e. The molecule has 2 atom stereocenters. The standard InChI is InChI=1S/C32H37F3N4O4S/c1-4-8-27-31(43-28-12-11-22(2)44-28,14-7-16-39(27)29(40)23-21-36-15-13-24(23)32(33,34)35)30(41)38-19-17-37(18-20-38)25-9-5-6-10-26(25)42-3/h5-6,9-13,15,21,27H,4,7-8,14,16-20H2,1-3H3. The first-order valence-electron chi connectivity index (χ1n) is 14.8. The summed E-state index contributed by atoms with van der Waals surface area (Å²) in [5.74, 6) is -0.299. The van der Waals surface area contributed by atoms with Gasteiger partial charge in [0.2, 0.25) is 5.60 Å². The van der Waals surface area contributed by atoms with Crippen molar-refractivity contribution in [1.29, 1.82) is 0 Å². The van der Waals surface area contributed by atoms with E-state index in [4.69, 9.17) is 9.47 Å². The number of ether oxygens (including phenoxy) is 2. The van der Waals surface area contributed by atoms with Gasteiger partial charge in [-0.05, 0) is 50.1 Å². The third-order valence-corrected chi connectivity index (χ3v) is 9.27. The summed E-state index contributed by atoms with van der Waals surface area (Å²) in [6, 6.07) is 11.5. The van der Waals surface area contributed by atoms with Gasteiger partial charge < -0.3 is 24.2 Å². The van der Waals surface area contributed by atoms with Crippen LogP contribution in [0, 0.1) is 6.92 Å². The van der Waals surface area contributed by atoms with E-state index in [1.807, 2.05) is 44.2 Å². The number of nitrogens with zero attached hydrogens (tertiary/aromatic N) is 4. The van der Waals surface area contributed by atoms with Gasteiger partial charge in [0.15, 0.2) is 5.06 Å². The van der Waals surface area contributed by atoms with Crippen LogP contribution in [0.15, 0.2) is 54.9 Å². The lowest BCUT2D eigenvalue weighted by atomic mass is 9.79. The number of methoxy groups -OCH3 is 1. The van der Waals surface area contributed by atoms with Gasteiger partial charge in [-0.2, -0.15) is 13.2 Å². The number of carbonyl (C=O) groups is 2. The zero-order valence-electron chi connectivity index (χ0n) is 25.1. The molecule has 0 bridgehead atoms. The number of likely N-dealkylation sites (tertiary alicyclic amines) is 1. The summed E-state index contributed by atoms with van der Waals surface area (Å²) in [6.45, 7) is 6.03. The van der Waals surface area contributed by atoms with Crippen LogP contribution in [-0.2, 0) is 11.0 Å². The van der Waals surface area contributed by atoms with Gasteiger partial charge in [0.05, 0.1) is 30.0 Å². The molecule has 12 heteroatoms. The SMILES string of the molecule is CCCC1N(C(=O)c2cnccc2C(F)(F)F)CCCC1(Oc1ccc(C)s1)C(=O)N1CCN(c2ccccc2OC)CC1. The van der Waals surface area contributed by atoms with Crippen molar-refractivity contribution in [3.8, 4) is 10.8 Å². The predicted molar refractivity (Wildman–Crippen MR) is 162 cm³/mol. The van der Waals surface area contributed by atoms with Crippen LogP contribution in [0.2, 0.25) is 0 Å². The number of aryl methyl sites for hydroxylation is 1. The molecule has 8 nitrogen and oxygen atoms in total. The molecule has 2 fully saturated rings. The third-order valence-electron chi connectivity index (χ3n) is 8.39. The molecule has 5 rings (SSSR count). The molecule has 2 saturated heterocycles. The summed E-state index contributed by atoms with van der Waals surface area (Å²) in [5.41, 5.74) is -2.09. The Labute approximate surface area is 259 Å². The maximum atomic E-state index is 14.7. The number of hydrogen-bond donors (Lipinski definition) is 0. The lowest BCUT2D eigenvalue weighted by molar-refractivity contribution is -0.159. The van der Waals surface area contributed by atoms with E-state index >= 15 is 0 Å². The molecule has 2 amide bonds. The number of amides is 2. The number of benzene rings is 1. The number of pyridine rings is 1. The highest BCUT2D eigenvalue weighted by molar-refractivity contribution is 7.13. The Morgan fingerprint density at radius 2 is 1.82 bits per heavy atom. The number of alkyl halides is 3. The second-order valence-electron chi connectivity index (χ2n) is 11.1. The number of thiophene rings is 1. The molecule has 1 aromatic carbocycles. The normalized spacial score (nSPS) is 20.9. The van der Waals surface area contributed by atoms with Crippen LogP contribution in [0.4, 0.5) is 18.9 Å². The van der Waals surface area contributed by atoms with E-state index in [-0.39, 0.29) is 12.5 Å². The number of rotatable bonds is 8. The molecule has 0 radical (unpaired) electrons. The molecular formula is C32H37F3N4O4S. The van der Waals surface area contributed by atoms with Crippen molar-refractivity contribution >= 4 is 28.8 Å². The van der Waals surface area contributed by atoms with Gasteiger partial charge in [0.1, 0.15) is 5.75 Å². The minimum atomic E-state index is -4.73. The summed E-state index contributed by atoms with van der Waals surface area (Å²) < 4.78 is 54.0. The van der Waals surface area contributed by atoms with Crippen LogP contribution in [-0.4, -0.2) is 78.1 Å². The second kappa shape index (κ2) is 13.1. The summed E-state index contributed by atoms with van der Waals surface area (Å²) in [7, 11) is 1.62. The van der Waals surface area contributed by atoms with E-state index in [0.717, 1.165) is 34.8 Å². The quantitative estimate of drug-likeness (QED) is 0.302. The van der Waals surface area contributed by atoms with Gasteiger partial charge in [-0.3, -0.25) is 14.6 Å². The number of carbonyl (C=O) groups excluding carboxylic acids is 2. The lowest BCUT2D eigenvalue weighted by Gasteiger charge is -2.50. The number of hydrogen-bond acceptors (Lipinski definition) is 7. The third kappa shape index (κ3) is 6.22. The van der Waals surface area contributed by atoms with Crippen LogP contribution >= 0.6 is 11.3 Å². The molecule has 0 N–H and O–H groups in total. The number of halogens is 3. The molecule has 2 unspecified atom stereocenters. The van der Waals surface area contributed by atoms with E-state index in [0.29, 0.717) is 56.9 Å². The monoisotopic (exact) mass is 630 g/mol. The predicted octanol–water partition coefficient (Wildman–Crippen LogP) is 6.05. The molecule has 44 heavy (non-hydrogen) atoms. The number of anilines is 1. The Morgan fingerprint density at radius 3 is 2.48 bits per heavy atom. The highest BCUT2D eigenvalue weighted by atomic mass is 32.1. The van der Waals surface area contributed by atoms with Crippen molar-refractivity contribution in [2.24, 2.45) is 0 Å². The smallest absolute Gasteiger partial charge is 0.417 e. The molecule has 4 heterocycles. The minimum absolute atomic E-state index is 0.207. The Kier molecular flexibility index (Phi) is 9.38. The summed E-state index contributed by atoms with van der Waals surface area (Å²) in [4.78, 5) is 38.8. The topological polar surface area (TPSA) is 75.2 Å².